The highest BCUT2D eigenvalue weighted by atomic mass is 16.2. The van der Waals surface area contributed by atoms with E-state index in [4.69, 9.17) is 0 Å². The molecule has 2 heteroatoms. The molecule has 0 radical (unpaired) electrons. The Hall–Kier alpha value is -0.530. The van der Waals surface area contributed by atoms with Crippen LogP contribution in [-0.4, -0.2) is 23.9 Å². The summed E-state index contributed by atoms with van der Waals surface area (Å²) in [7, 11) is 0. The van der Waals surface area contributed by atoms with Crippen LogP contribution in [0.1, 0.15) is 47.5 Å². The highest BCUT2D eigenvalue weighted by Gasteiger charge is 2.31. The molecular weight excluding hydrogens is 186 g/mol. The van der Waals surface area contributed by atoms with E-state index < -0.39 is 0 Å². The zero-order chi connectivity index (χ0) is 11.6. The minimum absolute atomic E-state index is 0.233. The smallest absolute Gasteiger partial charge is 0.219 e. The molecule has 1 amide bonds. The van der Waals surface area contributed by atoms with Crippen molar-refractivity contribution in [1.82, 2.24) is 4.90 Å². The van der Waals surface area contributed by atoms with E-state index in [1.807, 2.05) is 4.90 Å². The maximum Gasteiger partial charge on any atom is 0.219 e. The topological polar surface area (TPSA) is 20.3 Å². The predicted octanol–water partition coefficient (Wildman–Crippen LogP) is 2.93. The molecule has 0 aromatic rings. The average Bonchev–Trinajstić information content (AvgIpc) is 2.15. The van der Waals surface area contributed by atoms with Crippen molar-refractivity contribution in [3.8, 4) is 0 Å². The van der Waals surface area contributed by atoms with Gasteiger partial charge >= 0.3 is 0 Å². The highest BCUT2D eigenvalue weighted by molar-refractivity contribution is 5.73. The Morgan fingerprint density at radius 3 is 2.07 bits per heavy atom. The van der Waals surface area contributed by atoms with Gasteiger partial charge in [-0.25, -0.2) is 0 Å². The van der Waals surface area contributed by atoms with E-state index in [9.17, 15) is 4.79 Å². The standard InChI is InChI=1S/C13H25NO/c1-10(13(3,4)5)12-6-8-14(9-7-12)11(2)15/h10,12H,6-9H2,1-5H3. The van der Waals surface area contributed by atoms with Gasteiger partial charge in [0.1, 0.15) is 0 Å². The molecule has 15 heavy (non-hydrogen) atoms. The Labute approximate surface area is 94.0 Å². The van der Waals surface area contributed by atoms with Gasteiger partial charge in [-0.15, -0.1) is 0 Å². The van der Waals surface area contributed by atoms with Crippen LogP contribution in [-0.2, 0) is 4.79 Å². The predicted molar refractivity (Wildman–Crippen MR) is 63.6 cm³/mol. The number of hydrogen-bond acceptors (Lipinski definition) is 1. The van der Waals surface area contributed by atoms with E-state index in [1.54, 1.807) is 6.92 Å². The van der Waals surface area contributed by atoms with Gasteiger partial charge in [-0.3, -0.25) is 4.79 Å². The zero-order valence-corrected chi connectivity index (χ0v) is 10.8. The van der Waals surface area contributed by atoms with Crippen molar-refractivity contribution in [2.24, 2.45) is 17.3 Å². The Kier molecular flexibility index (Phi) is 3.80. The molecule has 0 aliphatic carbocycles. The summed E-state index contributed by atoms with van der Waals surface area (Å²) in [5.74, 6) is 1.77. The molecule has 1 aliphatic heterocycles. The number of likely N-dealkylation sites (tertiary alicyclic amines) is 1. The first-order chi connectivity index (χ1) is 6.82. The Balaban J connectivity index is 2.47. The first-order valence-corrected chi connectivity index (χ1v) is 6.08. The van der Waals surface area contributed by atoms with Crippen LogP contribution in [0.4, 0.5) is 0 Å². The molecule has 0 saturated carbocycles. The Bertz CT molecular complexity index is 221. The van der Waals surface area contributed by atoms with Gasteiger partial charge in [-0.2, -0.15) is 0 Å². The largest absolute Gasteiger partial charge is 0.343 e. The maximum absolute atomic E-state index is 11.2. The van der Waals surface area contributed by atoms with Crippen molar-refractivity contribution in [2.75, 3.05) is 13.1 Å². The minimum atomic E-state index is 0.233. The Morgan fingerprint density at radius 1 is 1.27 bits per heavy atom. The minimum Gasteiger partial charge on any atom is -0.343 e. The molecule has 0 N–H and O–H groups in total. The van der Waals surface area contributed by atoms with Crippen molar-refractivity contribution >= 4 is 5.91 Å². The number of piperidine rings is 1. The molecule has 1 fully saturated rings. The van der Waals surface area contributed by atoms with Crippen LogP contribution >= 0.6 is 0 Å². The molecule has 1 heterocycles. The number of amides is 1. The van der Waals surface area contributed by atoms with Gasteiger partial charge in [0.05, 0.1) is 0 Å². The van der Waals surface area contributed by atoms with E-state index in [-0.39, 0.29) is 5.91 Å². The van der Waals surface area contributed by atoms with Crippen molar-refractivity contribution < 1.29 is 4.79 Å². The summed E-state index contributed by atoms with van der Waals surface area (Å²) < 4.78 is 0. The quantitative estimate of drug-likeness (QED) is 0.653. The van der Waals surface area contributed by atoms with E-state index in [0.717, 1.165) is 24.9 Å². The summed E-state index contributed by atoms with van der Waals surface area (Å²) in [6, 6.07) is 0. The van der Waals surface area contributed by atoms with Gasteiger partial charge in [0, 0.05) is 20.0 Å². The molecule has 0 aromatic carbocycles. The van der Waals surface area contributed by atoms with Crippen LogP contribution in [0.25, 0.3) is 0 Å². The van der Waals surface area contributed by atoms with E-state index in [0.29, 0.717) is 5.41 Å². The van der Waals surface area contributed by atoms with Crippen LogP contribution in [0.5, 0.6) is 0 Å². The molecule has 0 aromatic heterocycles. The van der Waals surface area contributed by atoms with E-state index in [2.05, 4.69) is 27.7 Å². The molecule has 0 bridgehead atoms. The third-order valence-electron chi connectivity index (χ3n) is 4.06. The molecular formula is C13H25NO. The van der Waals surface area contributed by atoms with Crippen molar-refractivity contribution in [3.05, 3.63) is 0 Å². The van der Waals surface area contributed by atoms with Gasteiger partial charge in [-0.1, -0.05) is 27.7 Å². The van der Waals surface area contributed by atoms with Crippen molar-refractivity contribution in [3.63, 3.8) is 0 Å². The first-order valence-electron chi connectivity index (χ1n) is 6.08. The van der Waals surface area contributed by atoms with Crippen LogP contribution in [0, 0.1) is 17.3 Å². The van der Waals surface area contributed by atoms with Crippen molar-refractivity contribution in [1.29, 1.82) is 0 Å². The average molecular weight is 211 g/mol. The van der Waals surface area contributed by atoms with Gasteiger partial charge in [0.15, 0.2) is 0 Å². The summed E-state index contributed by atoms with van der Waals surface area (Å²) in [6.45, 7) is 12.9. The fourth-order valence-electron chi connectivity index (χ4n) is 2.42. The summed E-state index contributed by atoms with van der Waals surface area (Å²) in [4.78, 5) is 13.2. The summed E-state index contributed by atoms with van der Waals surface area (Å²) in [6.07, 6.45) is 2.36. The lowest BCUT2D eigenvalue weighted by Gasteiger charge is -2.39. The summed E-state index contributed by atoms with van der Waals surface area (Å²) in [5.41, 5.74) is 0.392. The van der Waals surface area contributed by atoms with Crippen molar-refractivity contribution in [2.45, 2.75) is 47.5 Å². The lowest BCUT2D eigenvalue weighted by atomic mass is 9.71. The number of nitrogens with zero attached hydrogens (tertiary/aromatic N) is 1. The van der Waals surface area contributed by atoms with E-state index >= 15 is 0 Å². The monoisotopic (exact) mass is 211 g/mol. The molecule has 0 spiro atoms. The normalized spacial score (nSPS) is 21.5. The fraction of sp³-hybridized carbons (Fsp3) is 0.923. The lowest BCUT2D eigenvalue weighted by Crippen LogP contribution is -2.40. The second-order valence-corrected chi connectivity index (χ2v) is 6.00. The molecule has 2 nitrogen and oxygen atoms in total. The molecule has 1 aliphatic rings. The fourth-order valence-corrected chi connectivity index (χ4v) is 2.42. The number of carbonyl (C=O) groups excluding carboxylic acids is 1. The van der Waals surface area contributed by atoms with Crippen LogP contribution in [0.15, 0.2) is 0 Å². The molecule has 88 valence electrons. The first kappa shape index (κ1) is 12.5. The second kappa shape index (κ2) is 4.54. The third-order valence-corrected chi connectivity index (χ3v) is 4.06. The van der Waals surface area contributed by atoms with Crippen LogP contribution in [0.2, 0.25) is 0 Å². The van der Waals surface area contributed by atoms with Crippen LogP contribution < -0.4 is 0 Å². The van der Waals surface area contributed by atoms with Gasteiger partial charge in [0.25, 0.3) is 0 Å². The maximum atomic E-state index is 11.2. The van der Waals surface area contributed by atoms with Gasteiger partial charge < -0.3 is 4.90 Å². The Morgan fingerprint density at radius 2 is 1.73 bits per heavy atom. The molecule has 1 rings (SSSR count). The zero-order valence-electron chi connectivity index (χ0n) is 10.8. The second-order valence-electron chi connectivity index (χ2n) is 6.00. The highest BCUT2D eigenvalue weighted by Crippen LogP contribution is 2.36. The summed E-state index contributed by atoms with van der Waals surface area (Å²) >= 11 is 0. The molecule has 1 unspecified atom stereocenters. The molecule has 1 saturated heterocycles. The van der Waals surface area contributed by atoms with Crippen LogP contribution in [0.3, 0.4) is 0 Å². The number of rotatable bonds is 1. The summed E-state index contributed by atoms with van der Waals surface area (Å²) in [5, 5.41) is 0. The van der Waals surface area contributed by atoms with Gasteiger partial charge in [-0.05, 0) is 30.1 Å². The SMILES string of the molecule is CC(=O)N1CCC(C(C)C(C)(C)C)CC1. The third kappa shape index (κ3) is 3.22. The van der Waals surface area contributed by atoms with Gasteiger partial charge in [0.2, 0.25) is 5.91 Å². The molecule has 1 atom stereocenters. The lowest BCUT2D eigenvalue weighted by molar-refractivity contribution is -0.130. The number of hydrogen-bond donors (Lipinski definition) is 0. The number of carbonyl (C=O) groups is 1. The van der Waals surface area contributed by atoms with E-state index in [1.165, 1.54) is 12.8 Å².